The summed E-state index contributed by atoms with van der Waals surface area (Å²) in [6, 6.07) is 11.0. The Morgan fingerprint density at radius 2 is 1.72 bits per heavy atom. The summed E-state index contributed by atoms with van der Waals surface area (Å²) >= 11 is 11.5. The number of Topliss-reactive ketones (excluding diaryl/α,β-unsaturated/α-hetero) is 1. The number of nitrogens with one attached hydrogen (secondary N) is 2. The number of amidine groups is 1. The standard InChI is InChI=1S/C18H18Cl2FN3O/c1-18(2,3)16(25)17(22-13-8-9-14(20)15(21)10-13)24-23-12-6-4-11(19)5-7-12/h4-10,23H,1-3H3,(H,22,24). The molecule has 0 fully saturated rings. The first kappa shape index (κ1) is 19.2. The molecule has 2 aromatic carbocycles. The van der Waals surface area contributed by atoms with Gasteiger partial charge in [-0.05, 0) is 36.4 Å². The van der Waals surface area contributed by atoms with E-state index in [1.807, 2.05) is 0 Å². The molecular formula is C18H18Cl2FN3O. The van der Waals surface area contributed by atoms with Crippen molar-refractivity contribution < 1.29 is 9.18 Å². The molecule has 0 aliphatic rings. The minimum atomic E-state index is -0.668. The Kier molecular flexibility index (Phi) is 6.03. The van der Waals surface area contributed by atoms with E-state index in [-0.39, 0.29) is 22.3 Å². The Morgan fingerprint density at radius 3 is 2.28 bits per heavy atom. The lowest BCUT2D eigenvalue weighted by molar-refractivity contribution is -0.119. The Morgan fingerprint density at radius 1 is 1.08 bits per heavy atom. The number of hydrogen-bond acceptors (Lipinski definition) is 3. The summed E-state index contributed by atoms with van der Waals surface area (Å²) < 4.78 is 13.6. The van der Waals surface area contributed by atoms with Gasteiger partial charge in [0.05, 0.1) is 16.4 Å². The third-order valence-electron chi connectivity index (χ3n) is 3.21. The van der Waals surface area contributed by atoms with Crippen LogP contribution in [0, 0.1) is 11.2 Å². The lowest BCUT2D eigenvalue weighted by atomic mass is 9.90. The number of ketones is 1. The van der Waals surface area contributed by atoms with Crippen molar-refractivity contribution in [2.24, 2.45) is 10.4 Å². The molecule has 0 amide bonds. The number of rotatable bonds is 4. The fourth-order valence-corrected chi connectivity index (χ4v) is 2.08. The van der Waals surface area contributed by atoms with Crippen LogP contribution in [0.4, 0.5) is 15.8 Å². The van der Waals surface area contributed by atoms with Crippen molar-refractivity contribution in [1.29, 1.82) is 0 Å². The van der Waals surface area contributed by atoms with Crippen LogP contribution >= 0.6 is 23.2 Å². The molecule has 0 spiro atoms. The van der Waals surface area contributed by atoms with E-state index in [0.717, 1.165) is 0 Å². The molecule has 0 aromatic heterocycles. The van der Waals surface area contributed by atoms with Gasteiger partial charge in [-0.1, -0.05) is 44.0 Å². The quantitative estimate of drug-likeness (QED) is 0.423. The van der Waals surface area contributed by atoms with Crippen LogP contribution in [0.15, 0.2) is 47.5 Å². The van der Waals surface area contributed by atoms with Crippen molar-refractivity contribution in [2.45, 2.75) is 20.8 Å². The molecule has 0 saturated heterocycles. The second-order valence-corrected chi connectivity index (χ2v) is 7.24. The zero-order valence-electron chi connectivity index (χ0n) is 14.0. The first-order valence-corrected chi connectivity index (χ1v) is 8.28. The van der Waals surface area contributed by atoms with Crippen LogP contribution < -0.4 is 10.9 Å². The number of carbonyl (C=O) groups excluding carboxylic acids is 1. The molecule has 0 saturated carbocycles. The molecule has 0 heterocycles. The fourth-order valence-electron chi connectivity index (χ4n) is 1.84. The van der Waals surface area contributed by atoms with Crippen LogP contribution in [-0.2, 0) is 4.79 Å². The average Bonchev–Trinajstić information content (AvgIpc) is 2.54. The third-order valence-corrected chi connectivity index (χ3v) is 3.77. The number of nitrogens with zero attached hydrogens (tertiary/aromatic N) is 1. The van der Waals surface area contributed by atoms with Crippen LogP contribution in [0.2, 0.25) is 10.0 Å². The van der Waals surface area contributed by atoms with E-state index in [1.165, 1.54) is 18.2 Å². The number of carbonyl (C=O) groups is 1. The Labute approximate surface area is 156 Å². The maximum Gasteiger partial charge on any atom is 0.204 e. The predicted octanol–water partition coefficient (Wildman–Crippen LogP) is 5.39. The molecule has 4 nitrogen and oxygen atoms in total. The maximum absolute atomic E-state index is 13.6. The van der Waals surface area contributed by atoms with E-state index in [2.05, 4.69) is 15.8 Å². The first-order valence-electron chi connectivity index (χ1n) is 7.53. The topological polar surface area (TPSA) is 53.5 Å². The maximum atomic E-state index is 13.6. The summed E-state index contributed by atoms with van der Waals surface area (Å²) in [7, 11) is 0. The van der Waals surface area contributed by atoms with Crippen molar-refractivity contribution in [2.75, 3.05) is 5.43 Å². The highest BCUT2D eigenvalue weighted by molar-refractivity contribution is 6.41. The van der Waals surface area contributed by atoms with Gasteiger partial charge < -0.3 is 0 Å². The largest absolute Gasteiger partial charge is 0.300 e. The van der Waals surface area contributed by atoms with Gasteiger partial charge in [0.15, 0.2) is 5.84 Å². The highest BCUT2D eigenvalue weighted by atomic mass is 35.5. The van der Waals surface area contributed by atoms with E-state index < -0.39 is 11.2 Å². The zero-order chi connectivity index (χ0) is 18.6. The van der Waals surface area contributed by atoms with Gasteiger partial charge in [0, 0.05) is 16.5 Å². The van der Waals surface area contributed by atoms with Gasteiger partial charge in [0.25, 0.3) is 0 Å². The fraction of sp³-hybridized carbons (Fsp3) is 0.222. The lowest BCUT2D eigenvalue weighted by Crippen LogP contribution is -2.41. The van der Waals surface area contributed by atoms with Crippen LogP contribution in [-0.4, -0.2) is 11.6 Å². The molecule has 2 rings (SSSR count). The van der Waals surface area contributed by atoms with Gasteiger partial charge in [0.2, 0.25) is 5.78 Å². The highest BCUT2D eigenvalue weighted by Crippen LogP contribution is 2.22. The van der Waals surface area contributed by atoms with Crippen LogP contribution in [0.1, 0.15) is 20.8 Å². The van der Waals surface area contributed by atoms with E-state index in [4.69, 9.17) is 23.2 Å². The molecule has 0 aliphatic carbocycles. The number of halogens is 3. The highest BCUT2D eigenvalue weighted by Gasteiger charge is 2.26. The van der Waals surface area contributed by atoms with Crippen molar-refractivity contribution in [1.82, 2.24) is 5.43 Å². The molecular weight excluding hydrogens is 364 g/mol. The lowest BCUT2D eigenvalue weighted by Gasteiger charge is -2.20. The SMILES string of the molecule is CC(C)(C)C(=O)C(=Nc1ccc(Cl)c(F)c1)NNc1ccc(Cl)cc1. The molecule has 2 N–H and O–H groups in total. The minimum absolute atomic E-state index is 0.00473. The van der Waals surface area contributed by atoms with Gasteiger partial charge in [-0.3, -0.25) is 15.6 Å². The third kappa shape index (κ3) is 5.44. The van der Waals surface area contributed by atoms with Crippen molar-refractivity contribution in [3.63, 3.8) is 0 Å². The van der Waals surface area contributed by atoms with Crippen molar-refractivity contribution in [3.8, 4) is 0 Å². The number of hydrogen-bond donors (Lipinski definition) is 2. The van der Waals surface area contributed by atoms with Crippen LogP contribution in [0.25, 0.3) is 0 Å². The number of aliphatic imine (C=N–C) groups is 1. The molecule has 7 heteroatoms. The minimum Gasteiger partial charge on any atom is -0.300 e. The Bertz CT molecular complexity index is 799. The van der Waals surface area contributed by atoms with E-state index in [9.17, 15) is 9.18 Å². The number of benzene rings is 2. The summed E-state index contributed by atoms with van der Waals surface area (Å²) in [5.74, 6) is -0.773. The molecule has 0 aliphatic heterocycles. The molecule has 2 aromatic rings. The molecule has 0 unspecified atom stereocenters. The van der Waals surface area contributed by atoms with Gasteiger partial charge in [-0.25, -0.2) is 9.38 Å². The molecule has 0 bridgehead atoms. The second kappa shape index (κ2) is 7.85. The van der Waals surface area contributed by atoms with Gasteiger partial charge in [-0.15, -0.1) is 0 Å². The normalized spacial score (nSPS) is 12.0. The van der Waals surface area contributed by atoms with E-state index >= 15 is 0 Å². The number of anilines is 1. The summed E-state index contributed by atoms with van der Waals surface area (Å²) in [5.41, 5.74) is 5.99. The monoisotopic (exact) mass is 381 g/mol. The predicted molar refractivity (Wildman–Crippen MR) is 101 cm³/mol. The average molecular weight is 382 g/mol. The summed E-state index contributed by atoms with van der Waals surface area (Å²) in [6.45, 7) is 5.33. The molecule has 0 radical (unpaired) electrons. The van der Waals surface area contributed by atoms with E-state index in [1.54, 1.807) is 45.0 Å². The Hall–Kier alpha value is -2.11. The molecule has 132 valence electrons. The summed E-state index contributed by atoms with van der Waals surface area (Å²) in [4.78, 5) is 16.9. The van der Waals surface area contributed by atoms with Gasteiger partial charge in [0.1, 0.15) is 5.82 Å². The van der Waals surface area contributed by atoms with Crippen LogP contribution in [0.5, 0.6) is 0 Å². The van der Waals surface area contributed by atoms with Gasteiger partial charge in [-0.2, -0.15) is 0 Å². The first-order chi connectivity index (χ1) is 11.7. The Balaban J connectivity index is 2.29. The second-order valence-electron chi connectivity index (χ2n) is 6.39. The van der Waals surface area contributed by atoms with Crippen molar-refractivity contribution in [3.05, 3.63) is 58.3 Å². The van der Waals surface area contributed by atoms with Gasteiger partial charge >= 0.3 is 0 Å². The zero-order valence-corrected chi connectivity index (χ0v) is 15.5. The summed E-state index contributed by atoms with van der Waals surface area (Å²) in [5, 5.41) is 0.594. The van der Waals surface area contributed by atoms with Crippen molar-refractivity contribution >= 4 is 46.2 Å². The molecule has 25 heavy (non-hydrogen) atoms. The van der Waals surface area contributed by atoms with Crippen LogP contribution in [0.3, 0.4) is 0 Å². The molecule has 0 atom stereocenters. The smallest absolute Gasteiger partial charge is 0.204 e. The number of hydrazine groups is 1. The van der Waals surface area contributed by atoms with E-state index in [0.29, 0.717) is 10.7 Å². The summed E-state index contributed by atoms with van der Waals surface area (Å²) in [6.07, 6.45) is 0.